The van der Waals surface area contributed by atoms with Crippen molar-refractivity contribution in [3.05, 3.63) is 0 Å². The summed E-state index contributed by atoms with van der Waals surface area (Å²) in [5.74, 6) is 0.156. The first-order valence-corrected chi connectivity index (χ1v) is 13.7. The van der Waals surface area contributed by atoms with Crippen LogP contribution in [0.3, 0.4) is 0 Å². The maximum absolute atomic E-state index is 11.4. The Bertz CT molecular complexity index is 614. The van der Waals surface area contributed by atoms with Crippen molar-refractivity contribution in [2.75, 3.05) is 6.61 Å². The topological polar surface area (TPSA) is 97.6 Å². The minimum Gasteiger partial charge on any atom is -0.388 e. The second-order valence-electron chi connectivity index (χ2n) is 11.6. The van der Waals surface area contributed by atoms with Gasteiger partial charge >= 0.3 is 0 Å². The van der Waals surface area contributed by atoms with Gasteiger partial charge in [-0.3, -0.25) is 0 Å². The quantitative estimate of drug-likeness (QED) is 0.424. The van der Waals surface area contributed by atoms with Crippen LogP contribution in [-0.2, 0) is 18.9 Å². The molecule has 3 fully saturated rings. The van der Waals surface area contributed by atoms with Crippen LogP contribution in [0.4, 0.5) is 0 Å². The van der Waals surface area contributed by atoms with Gasteiger partial charge in [0.05, 0.1) is 30.5 Å². The van der Waals surface area contributed by atoms with Crippen LogP contribution in [0.5, 0.6) is 0 Å². The predicted octanol–water partition coefficient (Wildman–Crippen LogP) is 4.01. The summed E-state index contributed by atoms with van der Waals surface area (Å²) >= 11 is 0. The number of unbranched alkanes of at least 4 members (excludes halogenated alkanes) is 2. The largest absolute Gasteiger partial charge is 0.388 e. The molecule has 0 spiro atoms. The van der Waals surface area contributed by atoms with E-state index in [4.69, 9.17) is 18.9 Å². The lowest BCUT2D eigenvalue weighted by atomic mass is 9.76. The molecule has 3 aliphatic rings. The van der Waals surface area contributed by atoms with E-state index in [1.54, 1.807) is 6.92 Å². The fourth-order valence-electron chi connectivity index (χ4n) is 6.25. The molecule has 7 heteroatoms. The van der Waals surface area contributed by atoms with E-state index in [1.807, 2.05) is 6.92 Å². The van der Waals surface area contributed by atoms with E-state index < -0.39 is 36.3 Å². The Hall–Kier alpha value is -0.280. The molecular formula is C27H50O7. The van der Waals surface area contributed by atoms with Crippen molar-refractivity contribution in [1.82, 2.24) is 0 Å². The second kappa shape index (κ2) is 12.3. The van der Waals surface area contributed by atoms with Crippen molar-refractivity contribution in [1.29, 1.82) is 0 Å². The van der Waals surface area contributed by atoms with Crippen molar-refractivity contribution in [2.45, 2.75) is 142 Å². The Kier molecular flexibility index (Phi) is 10.2. The highest BCUT2D eigenvalue weighted by atomic mass is 16.7. The maximum atomic E-state index is 11.4. The van der Waals surface area contributed by atoms with Crippen molar-refractivity contribution in [3.63, 3.8) is 0 Å². The van der Waals surface area contributed by atoms with E-state index in [9.17, 15) is 15.3 Å². The molecule has 3 N–H and O–H groups in total. The minimum absolute atomic E-state index is 0.0784. The summed E-state index contributed by atoms with van der Waals surface area (Å²) in [5, 5.41) is 32.8. The molecule has 0 aromatic carbocycles. The average Bonchev–Trinajstić information content (AvgIpc) is 2.77. The highest BCUT2D eigenvalue weighted by Crippen LogP contribution is 2.39. The fraction of sp³-hybridized carbons (Fsp3) is 1.00. The van der Waals surface area contributed by atoms with Crippen LogP contribution >= 0.6 is 0 Å². The molecule has 1 saturated carbocycles. The van der Waals surface area contributed by atoms with Gasteiger partial charge in [0, 0.05) is 11.8 Å². The van der Waals surface area contributed by atoms with Gasteiger partial charge in [-0.05, 0) is 50.9 Å². The maximum Gasteiger partial charge on any atom is 0.184 e. The molecule has 4 unspecified atom stereocenters. The van der Waals surface area contributed by atoms with Crippen LogP contribution in [0.1, 0.15) is 92.9 Å². The molecule has 0 aromatic heterocycles. The first-order valence-electron chi connectivity index (χ1n) is 13.7. The van der Waals surface area contributed by atoms with Crippen LogP contribution in [0.15, 0.2) is 0 Å². The number of aliphatic hydroxyl groups excluding tert-OH is 2. The zero-order chi connectivity index (χ0) is 25.0. The van der Waals surface area contributed by atoms with Crippen LogP contribution < -0.4 is 0 Å². The zero-order valence-corrected chi connectivity index (χ0v) is 22.2. The summed E-state index contributed by atoms with van der Waals surface area (Å²) in [6, 6.07) is 0. The lowest BCUT2D eigenvalue weighted by Gasteiger charge is -2.48. The highest BCUT2D eigenvalue weighted by Gasteiger charge is 2.50. The molecule has 2 heterocycles. The predicted molar refractivity (Wildman–Crippen MR) is 130 cm³/mol. The molecule has 2 aliphatic heterocycles. The van der Waals surface area contributed by atoms with Gasteiger partial charge in [0.25, 0.3) is 0 Å². The molecule has 200 valence electrons. The van der Waals surface area contributed by atoms with Crippen LogP contribution in [0.25, 0.3) is 0 Å². The third-order valence-corrected chi connectivity index (χ3v) is 8.46. The highest BCUT2D eigenvalue weighted by molar-refractivity contribution is 4.95. The monoisotopic (exact) mass is 486 g/mol. The molecular weight excluding hydrogens is 436 g/mol. The van der Waals surface area contributed by atoms with Gasteiger partial charge in [0.15, 0.2) is 12.6 Å². The van der Waals surface area contributed by atoms with Gasteiger partial charge in [-0.1, -0.05) is 53.9 Å². The van der Waals surface area contributed by atoms with Crippen LogP contribution in [0.2, 0.25) is 0 Å². The molecule has 1 aliphatic carbocycles. The molecule has 34 heavy (non-hydrogen) atoms. The van der Waals surface area contributed by atoms with Crippen molar-refractivity contribution >= 4 is 0 Å². The standard InChI is InChI=1S/C27H50O7/c1-7-9-10-11-19-13-12-16(3)25(32-19)33-23-17(4)14-18(5)24(22(23)29)34-26-21(28)20(8-2)27(6,30)15-31-26/h16-26,28-30H,7-15H2,1-6H3/t16-,17+,18-,19-,20-,21-,22+,23?,24?,25?,26?,27+/m1/s1. The number of ether oxygens (including phenoxy) is 4. The SMILES string of the molecule is CCCCC[C@@H]1CC[C@@H](C)C(OC2[C@H](O)C(OC3OC[C@](C)(O)[C@H](CC)[C@H]3O)[C@H](C)C[C@@H]2C)O1. The van der Waals surface area contributed by atoms with Gasteiger partial charge in [-0.15, -0.1) is 0 Å². The van der Waals surface area contributed by atoms with Gasteiger partial charge < -0.3 is 34.3 Å². The Morgan fingerprint density at radius 2 is 1.53 bits per heavy atom. The van der Waals surface area contributed by atoms with Crippen LogP contribution in [-0.4, -0.2) is 70.6 Å². The fourth-order valence-corrected chi connectivity index (χ4v) is 6.25. The number of rotatable bonds is 9. The van der Waals surface area contributed by atoms with Gasteiger partial charge in [-0.25, -0.2) is 0 Å². The Balaban J connectivity index is 1.64. The van der Waals surface area contributed by atoms with E-state index in [1.165, 1.54) is 19.3 Å². The first-order chi connectivity index (χ1) is 16.1. The summed E-state index contributed by atoms with van der Waals surface area (Å²) in [7, 11) is 0. The molecule has 3 rings (SSSR count). The number of hydrogen-bond acceptors (Lipinski definition) is 7. The lowest BCUT2D eigenvalue weighted by molar-refractivity contribution is -0.323. The van der Waals surface area contributed by atoms with Crippen LogP contribution in [0, 0.1) is 23.7 Å². The van der Waals surface area contributed by atoms with Gasteiger partial charge in [0.1, 0.15) is 12.2 Å². The third kappa shape index (κ3) is 6.53. The van der Waals surface area contributed by atoms with E-state index in [0.29, 0.717) is 6.42 Å². The molecule has 0 amide bonds. The molecule has 0 bridgehead atoms. The molecule has 0 radical (unpaired) electrons. The molecule has 2 saturated heterocycles. The van der Waals surface area contributed by atoms with Crippen molar-refractivity contribution in [2.24, 2.45) is 23.7 Å². The van der Waals surface area contributed by atoms with Crippen molar-refractivity contribution < 1.29 is 34.3 Å². The van der Waals surface area contributed by atoms with Gasteiger partial charge in [0.2, 0.25) is 0 Å². The molecule has 7 nitrogen and oxygen atoms in total. The zero-order valence-electron chi connectivity index (χ0n) is 22.2. The van der Waals surface area contributed by atoms with E-state index in [2.05, 4.69) is 27.7 Å². The summed E-state index contributed by atoms with van der Waals surface area (Å²) in [4.78, 5) is 0. The first kappa shape index (κ1) is 28.3. The second-order valence-corrected chi connectivity index (χ2v) is 11.6. The van der Waals surface area contributed by atoms with E-state index in [0.717, 1.165) is 25.7 Å². The van der Waals surface area contributed by atoms with Crippen molar-refractivity contribution in [3.8, 4) is 0 Å². The minimum atomic E-state index is -1.10. The smallest absolute Gasteiger partial charge is 0.184 e. The summed E-state index contributed by atoms with van der Waals surface area (Å²) in [6.45, 7) is 12.3. The Morgan fingerprint density at radius 3 is 2.15 bits per heavy atom. The Labute approximate surface area is 206 Å². The normalized spacial score (nSPS) is 48.1. The lowest BCUT2D eigenvalue weighted by Crippen LogP contribution is -2.60. The summed E-state index contributed by atoms with van der Waals surface area (Å²) in [5.41, 5.74) is -1.10. The molecule has 0 aromatic rings. The van der Waals surface area contributed by atoms with E-state index in [-0.39, 0.29) is 42.7 Å². The molecule has 12 atom stereocenters. The Morgan fingerprint density at radius 1 is 0.882 bits per heavy atom. The third-order valence-electron chi connectivity index (χ3n) is 8.46. The average molecular weight is 487 g/mol. The summed E-state index contributed by atoms with van der Waals surface area (Å²) in [6.07, 6.45) is 4.50. The summed E-state index contributed by atoms with van der Waals surface area (Å²) < 4.78 is 24.8. The van der Waals surface area contributed by atoms with Gasteiger partial charge in [-0.2, -0.15) is 0 Å². The number of hydrogen-bond donors (Lipinski definition) is 3. The number of aliphatic hydroxyl groups is 3. The van der Waals surface area contributed by atoms with E-state index >= 15 is 0 Å².